The maximum atomic E-state index is 12.2. The predicted molar refractivity (Wildman–Crippen MR) is 77.4 cm³/mol. The first-order chi connectivity index (χ1) is 9.40. The van der Waals surface area contributed by atoms with Crippen molar-refractivity contribution in [1.82, 2.24) is 10.3 Å². The number of aromatic nitrogens is 1. The van der Waals surface area contributed by atoms with Crippen LogP contribution in [0, 0.1) is 0 Å². The summed E-state index contributed by atoms with van der Waals surface area (Å²) in [6.07, 6.45) is 7.07. The second-order valence-electron chi connectivity index (χ2n) is 4.90. The van der Waals surface area contributed by atoms with Gasteiger partial charge in [0.1, 0.15) is 0 Å². The topological polar surface area (TPSA) is 79.3 Å². The molecule has 1 aromatic heterocycles. The van der Waals surface area contributed by atoms with E-state index in [9.17, 15) is 9.59 Å². The largest absolute Gasteiger partial charge is 0.478 e. The van der Waals surface area contributed by atoms with E-state index >= 15 is 0 Å². The van der Waals surface area contributed by atoms with Crippen LogP contribution in [-0.4, -0.2) is 27.5 Å². The van der Waals surface area contributed by atoms with Crippen LogP contribution < -0.4 is 5.32 Å². The highest BCUT2D eigenvalue weighted by molar-refractivity contribution is 5.95. The Balaban J connectivity index is 2.89. The number of rotatable bonds is 6. The van der Waals surface area contributed by atoms with Gasteiger partial charge in [0, 0.05) is 24.0 Å². The van der Waals surface area contributed by atoms with Crippen molar-refractivity contribution in [2.24, 2.45) is 0 Å². The molecule has 0 saturated heterocycles. The van der Waals surface area contributed by atoms with Crippen molar-refractivity contribution in [3.05, 3.63) is 35.7 Å². The second-order valence-corrected chi connectivity index (χ2v) is 4.90. The van der Waals surface area contributed by atoms with Crippen molar-refractivity contribution >= 4 is 18.0 Å². The quantitative estimate of drug-likeness (QED) is 0.782. The molecule has 0 aromatic carbocycles. The van der Waals surface area contributed by atoms with E-state index in [2.05, 4.69) is 10.3 Å². The molecule has 0 aliphatic carbocycles. The number of pyridine rings is 1. The molecule has 1 heterocycles. The number of hydrogen-bond donors (Lipinski definition) is 2. The van der Waals surface area contributed by atoms with Gasteiger partial charge >= 0.3 is 5.97 Å². The van der Waals surface area contributed by atoms with Gasteiger partial charge < -0.3 is 10.4 Å². The summed E-state index contributed by atoms with van der Waals surface area (Å²) in [5.74, 6) is -1.24. The Morgan fingerprint density at radius 1 is 1.35 bits per heavy atom. The summed E-state index contributed by atoms with van der Waals surface area (Å²) >= 11 is 0. The molecule has 0 atom stereocenters. The molecule has 0 radical (unpaired) electrons. The first-order valence-electron chi connectivity index (χ1n) is 6.58. The summed E-state index contributed by atoms with van der Waals surface area (Å²) in [7, 11) is 0. The molecule has 1 aromatic rings. The molecule has 0 unspecified atom stereocenters. The first kappa shape index (κ1) is 15.9. The van der Waals surface area contributed by atoms with E-state index in [1.54, 1.807) is 6.07 Å². The van der Waals surface area contributed by atoms with E-state index < -0.39 is 5.97 Å². The van der Waals surface area contributed by atoms with E-state index in [0.717, 1.165) is 18.9 Å². The predicted octanol–water partition coefficient (Wildman–Crippen LogP) is 2.49. The van der Waals surface area contributed by atoms with Crippen LogP contribution in [0.2, 0.25) is 0 Å². The third-order valence-corrected chi connectivity index (χ3v) is 3.42. The summed E-state index contributed by atoms with van der Waals surface area (Å²) in [5.41, 5.74) is 0.754. The number of aliphatic carboxylic acids is 1. The van der Waals surface area contributed by atoms with Crippen LogP contribution in [0.15, 0.2) is 24.5 Å². The SMILES string of the molecule is CCC(C)(CC)NC(=O)c1cncc(/C=C/C(=O)O)c1. The lowest BCUT2D eigenvalue weighted by molar-refractivity contribution is -0.131. The lowest BCUT2D eigenvalue weighted by Gasteiger charge is -2.28. The summed E-state index contributed by atoms with van der Waals surface area (Å²) < 4.78 is 0. The standard InChI is InChI=1S/C15H20N2O3/c1-4-15(3,5-2)17-14(20)12-8-11(9-16-10-12)6-7-13(18)19/h6-10H,4-5H2,1-3H3,(H,17,20)(H,18,19)/b7-6+. The van der Waals surface area contributed by atoms with Crippen LogP contribution in [0.4, 0.5) is 0 Å². The number of carboxylic acid groups (broad SMARTS) is 1. The van der Waals surface area contributed by atoms with E-state index in [-0.39, 0.29) is 11.4 Å². The molecule has 108 valence electrons. The number of nitrogens with one attached hydrogen (secondary N) is 1. The molecule has 0 spiro atoms. The van der Waals surface area contributed by atoms with E-state index in [1.807, 2.05) is 20.8 Å². The number of carboxylic acids is 1. The van der Waals surface area contributed by atoms with Gasteiger partial charge in [0.25, 0.3) is 5.91 Å². The van der Waals surface area contributed by atoms with Crippen molar-refractivity contribution in [3.63, 3.8) is 0 Å². The van der Waals surface area contributed by atoms with Crippen LogP contribution >= 0.6 is 0 Å². The zero-order valence-corrected chi connectivity index (χ0v) is 12.0. The fourth-order valence-electron chi connectivity index (χ4n) is 1.61. The molecular formula is C15H20N2O3. The Hall–Kier alpha value is -2.17. The minimum Gasteiger partial charge on any atom is -0.478 e. The van der Waals surface area contributed by atoms with Crippen LogP contribution in [-0.2, 0) is 4.79 Å². The molecule has 0 fully saturated rings. The fraction of sp³-hybridized carbons (Fsp3) is 0.400. The van der Waals surface area contributed by atoms with Crippen molar-refractivity contribution in [3.8, 4) is 0 Å². The number of carbonyl (C=O) groups is 2. The van der Waals surface area contributed by atoms with Crippen LogP contribution in [0.3, 0.4) is 0 Å². The molecule has 2 N–H and O–H groups in total. The molecule has 0 saturated carbocycles. The van der Waals surface area contributed by atoms with Gasteiger partial charge in [0.15, 0.2) is 0 Å². The van der Waals surface area contributed by atoms with Crippen molar-refractivity contribution in [2.45, 2.75) is 39.2 Å². The first-order valence-corrected chi connectivity index (χ1v) is 6.58. The van der Waals surface area contributed by atoms with Gasteiger partial charge in [-0.05, 0) is 37.5 Å². The zero-order valence-electron chi connectivity index (χ0n) is 12.0. The highest BCUT2D eigenvalue weighted by Crippen LogP contribution is 2.15. The monoisotopic (exact) mass is 276 g/mol. The number of nitrogens with zero attached hydrogens (tertiary/aromatic N) is 1. The molecular weight excluding hydrogens is 256 g/mol. The molecule has 0 aliphatic rings. The molecule has 0 bridgehead atoms. The maximum absolute atomic E-state index is 12.2. The minimum absolute atomic E-state index is 0.200. The lowest BCUT2D eigenvalue weighted by Crippen LogP contribution is -2.45. The van der Waals surface area contributed by atoms with E-state index in [4.69, 9.17) is 5.11 Å². The summed E-state index contributed by atoms with van der Waals surface area (Å²) in [4.78, 5) is 26.6. The van der Waals surface area contributed by atoms with Crippen molar-refractivity contribution < 1.29 is 14.7 Å². The molecule has 5 nitrogen and oxygen atoms in total. The second kappa shape index (κ2) is 6.84. The summed E-state index contributed by atoms with van der Waals surface area (Å²) in [5, 5.41) is 11.6. The van der Waals surface area contributed by atoms with Crippen molar-refractivity contribution in [2.75, 3.05) is 0 Å². The molecule has 20 heavy (non-hydrogen) atoms. The molecule has 1 amide bonds. The smallest absolute Gasteiger partial charge is 0.328 e. The highest BCUT2D eigenvalue weighted by Gasteiger charge is 2.22. The Morgan fingerprint density at radius 3 is 2.55 bits per heavy atom. The average molecular weight is 276 g/mol. The van der Waals surface area contributed by atoms with E-state index in [1.165, 1.54) is 18.5 Å². The Morgan fingerprint density at radius 2 is 2.00 bits per heavy atom. The van der Waals surface area contributed by atoms with Crippen molar-refractivity contribution in [1.29, 1.82) is 0 Å². The van der Waals surface area contributed by atoms with Crippen LogP contribution in [0.1, 0.15) is 49.5 Å². The Bertz CT molecular complexity index is 520. The average Bonchev–Trinajstić information content (AvgIpc) is 2.45. The Kier molecular flexibility index (Phi) is 5.43. The van der Waals surface area contributed by atoms with Gasteiger partial charge in [-0.2, -0.15) is 0 Å². The van der Waals surface area contributed by atoms with Gasteiger partial charge in [0.2, 0.25) is 0 Å². The highest BCUT2D eigenvalue weighted by atomic mass is 16.4. The van der Waals surface area contributed by atoms with Gasteiger partial charge in [0.05, 0.1) is 5.56 Å². The third kappa shape index (κ3) is 4.50. The third-order valence-electron chi connectivity index (χ3n) is 3.42. The Labute approximate surface area is 118 Å². The fourth-order valence-corrected chi connectivity index (χ4v) is 1.61. The van der Waals surface area contributed by atoms with Crippen LogP contribution in [0.25, 0.3) is 6.08 Å². The minimum atomic E-state index is -1.04. The molecule has 5 heteroatoms. The molecule has 1 rings (SSSR count). The number of amides is 1. The lowest BCUT2D eigenvalue weighted by atomic mass is 9.95. The zero-order chi connectivity index (χ0) is 15.2. The number of hydrogen-bond acceptors (Lipinski definition) is 3. The number of carbonyl (C=O) groups excluding carboxylic acids is 1. The van der Waals surface area contributed by atoms with Gasteiger partial charge in [-0.25, -0.2) is 4.79 Å². The van der Waals surface area contributed by atoms with E-state index in [0.29, 0.717) is 11.1 Å². The van der Waals surface area contributed by atoms with Gasteiger partial charge in [-0.15, -0.1) is 0 Å². The summed E-state index contributed by atoms with van der Waals surface area (Å²) in [6.45, 7) is 6.04. The van der Waals surface area contributed by atoms with Gasteiger partial charge in [-0.1, -0.05) is 13.8 Å². The van der Waals surface area contributed by atoms with Gasteiger partial charge in [-0.3, -0.25) is 9.78 Å². The maximum Gasteiger partial charge on any atom is 0.328 e. The normalized spacial score (nSPS) is 11.6. The summed E-state index contributed by atoms with van der Waals surface area (Å²) in [6, 6.07) is 1.62. The van der Waals surface area contributed by atoms with Crippen LogP contribution in [0.5, 0.6) is 0 Å². The molecule has 0 aliphatic heterocycles.